The van der Waals surface area contributed by atoms with Crippen LogP contribution in [0.5, 0.6) is 0 Å². The number of nitrogens with zero attached hydrogens (tertiary/aromatic N) is 2. The summed E-state index contributed by atoms with van der Waals surface area (Å²) in [5.41, 5.74) is 0.381. The van der Waals surface area contributed by atoms with Crippen LogP contribution in [-0.4, -0.2) is 15.5 Å². The van der Waals surface area contributed by atoms with Crippen molar-refractivity contribution in [2.24, 2.45) is 7.05 Å². The van der Waals surface area contributed by atoms with Gasteiger partial charge < -0.3 is 9.88 Å². The van der Waals surface area contributed by atoms with Crippen LogP contribution in [0.3, 0.4) is 0 Å². The maximum atomic E-state index is 11.1. The zero-order valence-electron chi connectivity index (χ0n) is 7.79. The third kappa shape index (κ3) is 2.14. The van der Waals surface area contributed by atoms with E-state index in [1.165, 1.54) is 11.5 Å². The lowest BCUT2D eigenvalue weighted by molar-refractivity contribution is -0.114. The molecule has 0 aliphatic heterocycles. The van der Waals surface area contributed by atoms with Gasteiger partial charge in [0, 0.05) is 25.7 Å². The third-order valence-corrected chi connectivity index (χ3v) is 1.56. The third-order valence-electron chi connectivity index (χ3n) is 1.56. The number of carbonyl (C=O) groups excluding carboxylic acids is 1. The molecule has 70 valence electrons. The maximum Gasteiger partial charge on any atom is 0.349 e. The zero-order chi connectivity index (χ0) is 10.0. The average molecular weight is 181 g/mol. The number of aryl methyl sites for hydroxylation is 2. The maximum absolute atomic E-state index is 11.1. The summed E-state index contributed by atoms with van der Waals surface area (Å²) in [6.07, 6.45) is 1.63. The van der Waals surface area contributed by atoms with E-state index in [0.717, 1.165) is 5.56 Å². The molecule has 0 spiro atoms. The first-order valence-corrected chi connectivity index (χ1v) is 3.82. The zero-order valence-corrected chi connectivity index (χ0v) is 7.79. The molecule has 1 aromatic heterocycles. The Morgan fingerprint density at radius 2 is 2.23 bits per heavy atom. The number of nitrogens with one attached hydrogen (secondary N) is 1. The normalized spacial score (nSPS) is 9.77. The van der Waals surface area contributed by atoms with Gasteiger partial charge in [-0.3, -0.25) is 4.79 Å². The average Bonchev–Trinajstić information content (AvgIpc) is 1.99. The van der Waals surface area contributed by atoms with Crippen molar-refractivity contribution in [1.82, 2.24) is 9.55 Å². The van der Waals surface area contributed by atoms with E-state index in [2.05, 4.69) is 10.3 Å². The van der Waals surface area contributed by atoms with Crippen molar-refractivity contribution >= 4 is 11.7 Å². The number of carbonyl (C=O) groups is 1. The van der Waals surface area contributed by atoms with Crippen LogP contribution in [0.25, 0.3) is 0 Å². The quantitative estimate of drug-likeness (QED) is 0.665. The highest BCUT2D eigenvalue weighted by molar-refractivity contribution is 5.88. The van der Waals surface area contributed by atoms with Gasteiger partial charge >= 0.3 is 5.69 Å². The highest BCUT2D eigenvalue weighted by Gasteiger charge is 2.03. The van der Waals surface area contributed by atoms with Crippen LogP contribution >= 0.6 is 0 Å². The molecule has 0 atom stereocenters. The molecule has 0 bridgehead atoms. The molecule has 1 N–H and O–H groups in total. The molecule has 5 nitrogen and oxygen atoms in total. The molecule has 0 saturated heterocycles. The second-order valence-corrected chi connectivity index (χ2v) is 2.85. The Balaban J connectivity index is 3.16. The van der Waals surface area contributed by atoms with Gasteiger partial charge in [-0.15, -0.1) is 0 Å². The fourth-order valence-electron chi connectivity index (χ4n) is 0.963. The smallest absolute Gasteiger partial charge is 0.311 e. The SMILES string of the molecule is CC(=O)Nc1nc(=O)n(C)cc1C. The first-order chi connectivity index (χ1) is 6.00. The van der Waals surface area contributed by atoms with Gasteiger partial charge in [-0.05, 0) is 6.92 Å². The molecule has 1 amide bonds. The minimum atomic E-state index is -0.380. The van der Waals surface area contributed by atoms with E-state index < -0.39 is 0 Å². The Labute approximate surface area is 75.4 Å². The summed E-state index contributed by atoms with van der Waals surface area (Å²) >= 11 is 0. The molecule has 0 aliphatic rings. The number of hydrogen-bond donors (Lipinski definition) is 1. The van der Waals surface area contributed by atoms with Crippen molar-refractivity contribution in [1.29, 1.82) is 0 Å². The van der Waals surface area contributed by atoms with E-state index in [1.807, 2.05) is 0 Å². The Hall–Kier alpha value is -1.65. The lowest BCUT2D eigenvalue weighted by Crippen LogP contribution is -2.23. The summed E-state index contributed by atoms with van der Waals surface area (Å²) in [5, 5.41) is 2.48. The van der Waals surface area contributed by atoms with E-state index in [9.17, 15) is 9.59 Å². The molecule has 0 aliphatic carbocycles. The molecule has 1 heterocycles. The highest BCUT2D eigenvalue weighted by Crippen LogP contribution is 2.05. The van der Waals surface area contributed by atoms with E-state index in [4.69, 9.17) is 0 Å². The van der Waals surface area contributed by atoms with Crippen molar-refractivity contribution in [3.63, 3.8) is 0 Å². The Morgan fingerprint density at radius 1 is 1.62 bits per heavy atom. The van der Waals surface area contributed by atoms with E-state index in [-0.39, 0.29) is 11.6 Å². The van der Waals surface area contributed by atoms with Gasteiger partial charge in [0.05, 0.1) is 0 Å². The van der Waals surface area contributed by atoms with E-state index in [0.29, 0.717) is 5.82 Å². The monoisotopic (exact) mass is 181 g/mol. The van der Waals surface area contributed by atoms with Crippen molar-refractivity contribution in [3.8, 4) is 0 Å². The second-order valence-electron chi connectivity index (χ2n) is 2.85. The second kappa shape index (κ2) is 3.38. The van der Waals surface area contributed by atoms with Gasteiger partial charge in [0.2, 0.25) is 5.91 Å². The summed E-state index contributed by atoms with van der Waals surface area (Å²) in [7, 11) is 1.61. The van der Waals surface area contributed by atoms with Crippen LogP contribution in [0, 0.1) is 6.92 Å². The molecule has 0 unspecified atom stereocenters. The molecule has 1 rings (SSSR count). The first kappa shape index (κ1) is 9.44. The number of amides is 1. The Morgan fingerprint density at radius 3 is 2.77 bits per heavy atom. The number of hydrogen-bond acceptors (Lipinski definition) is 3. The summed E-state index contributed by atoms with van der Waals surface area (Å²) in [4.78, 5) is 25.5. The van der Waals surface area contributed by atoms with E-state index in [1.54, 1.807) is 20.2 Å². The Bertz CT molecular complexity index is 395. The predicted molar refractivity (Wildman–Crippen MR) is 48.5 cm³/mol. The van der Waals surface area contributed by atoms with Gasteiger partial charge in [-0.1, -0.05) is 0 Å². The molecule has 0 saturated carbocycles. The molecular formula is C8H11N3O2. The fourth-order valence-corrected chi connectivity index (χ4v) is 0.963. The predicted octanol–water partition coefficient (Wildman–Crippen LogP) is 0.0471. The van der Waals surface area contributed by atoms with Crippen LogP contribution < -0.4 is 11.0 Å². The van der Waals surface area contributed by atoms with Crippen molar-refractivity contribution in [3.05, 3.63) is 22.2 Å². The molecule has 5 heteroatoms. The Kier molecular flexibility index (Phi) is 2.46. The van der Waals surface area contributed by atoms with Crippen LogP contribution in [0.2, 0.25) is 0 Å². The van der Waals surface area contributed by atoms with Gasteiger partial charge in [0.1, 0.15) is 5.82 Å². The minimum Gasteiger partial charge on any atom is -0.311 e. The summed E-state index contributed by atoms with van der Waals surface area (Å²) < 4.78 is 1.36. The molecule has 1 aromatic rings. The standard InChI is InChI=1S/C8H11N3O2/c1-5-4-11(3)8(13)10-7(5)9-6(2)12/h4H,1-3H3,(H,9,10,12,13). The molecular weight excluding hydrogens is 170 g/mol. The summed E-state index contributed by atoms with van der Waals surface area (Å²) in [5.74, 6) is 0.0967. The lowest BCUT2D eigenvalue weighted by atomic mass is 10.3. The molecule has 0 fully saturated rings. The largest absolute Gasteiger partial charge is 0.349 e. The van der Waals surface area contributed by atoms with Crippen LogP contribution in [-0.2, 0) is 11.8 Å². The van der Waals surface area contributed by atoms with Crippen LogP contribution in [0.4, 0.5) is 5.82 Å². The first-order valence-electron chi connectivity index (χ1n) is 3.82. The van der Waals surface area contributed by atoms with Crippen molar-refractivity contribution in [2.45, 2.75) is 13.8 Å². The van der Waals surface area contributed by atoms with Crippen molar-refractivity contribution in [2.75, 3.05) is 5.32 Å². The number of anilines is 1. The highest BCUT2D eigenvalue weighted by atomic mass is 16.2. The van der Waals surface area contributed by atoms with Gasteiger partial charge in [-0.25, -0.2) is 4.79 Å². The lowest BCUT2D eigenvalue weighted by Gasteiger charge is -2.05. The topological polar surface area (TPSA) is 64.0 Å². The van der Waals surface area contributed by atoms with Gasteiger partial charge in [0.15, 0.2) is 0 Å². The summed E-state index contributed by atoms with van der Waals surface area (Å²) in [6, 6.07) is 0. The number of rotatable bonds is 1. The molecule has 0 radical (unpaired) electrons. The molecule has 0 aromatic carbocycles. The van der Waals surface area contributed by atoms with Crippen LogP contribution in [0.15, 0.2) is 11.0 Å². The number of aromatic nitrogens is 2. The van der Waals surface area contributed by atoms with Gasteiger partial charge in [0.25, 0.3) is 0 Å². The molecule has 13 heavy (non-hydrogen) atoms. The van der Waals surface area contributed by atoms with Gasteiger partial charge in [-0.2, -0.15) is 4.98 Å². The van der Waals surface area contributed by atoms with E-state index >= 15 is 0 Å². The van der Waals surface area contributed by atoms with Crippen LogP contribution in [0.1, 0.15) is 12.5 Å². The fraction of sp³-hybridized carbons (Fsp3) is 0.375. The minimum absolute atomic E-state index is 0.233. The van der Waals surface area contributed by atoms with Crippen molar-refractivity contribution < 1.29 is 4.79 Å². The summed E-state index contributed by atoms with van der Waals surface area (Å²) in [6.45, 7) is 3.15.